The minimum Gasteiger partial charge on any atom is -0.469 e. The lowest BCUT2D eigenvalue weighted by Gasteiger charge is -2.34. The maximum atomic E-state index is 12.2. The first kappa shape index (κ1) is 17.2. The summed E-state index contributed by atoms with van der Waals surface area (Å²) in [4.78, 5) is 34.7. The lowest BCUT2D eigenvalue weighted by molar-refractivity contribution is -0.141. The highest BCUT2D eigenvalue weighted by Gasteiger charge is 2.27. The number of nitrogens with two attached hydrogens (primary N) is 1. The third-order valence-corrected chi connectivity index (χ3v) is 4.79. The van der Waals surface area contributed by atoms with Gasteiger partial charge in [-0.2, -0.15) is 9.50 Å². The van der Waals surface area contributed by atoms with Gasteiger partial charge in [-0.25, -0.2) is 4.98 Å². The number of aromatic nitrogens is 4. The molecule has 140 valence electrons. The Balaban J connectivity index is 1.61. The molecule has 0 aliphatic carbocycles. The highest BCUT2D eigenvalue weighted by atomic mass is 16.5. The predicted molar refractivity (Wildman–Crippen MR) is 98.0 cm³/mol. The number of nitrogens with zero attached hydrogens (tertiary/aromatic N) is 4. The molecule has 1 aliphatic heterocycles. The Labute approximate surface area is 154 Å². The van der Waals surface area contributed by atoms with Gasteiger partial charge < -0.3 is 10.5 Å². The van der Waals surface area contributed by atoms with Gasteiger partial charge in [-0.05, 0) is 11.1 Å². The summed E-state index contributed by atoms with van der Waals surface area (Å²) >= 11 is 0. The van der Waals surface area contributed by atoms with E-state index >= 15 is 0 Å². The Kier molecular flexibility index (Phi) is 4.36. The van der Waals surface area contributed by atoms with Crippen molar-refractivity contribution in [1.82, 2.24) is 24.5 Å². The van der Waals surface area contributed by atoms with Gasteiger partial charge in [0.25, 0.3) is 11.3 Å². The second kappa shape index (κ2) is 6.84. The molecule has 3 N–H and O–H groups in total. The molecule has 1 unspecified atom stereocenters. The number of benzene rings is 1. The zero-order valence-electron chi connectivity index (χ0n) is 14.9. The Morgan fingerprint density at radius 3 is 3.00 bits per heavy atom. The average Bonchev–Trinajstić information content (AvgIpc) is 3.02. The number of carbonyl (C=O) groups excluding carboxylic acids is 1. The van der Waals surface area contributed by atoms with Crippen LogP contribution in [0.25, 0.3) is 5.78 Å². The zero-order chi connectivity index (χ0) is 19.0. The fourth-order valence-electron chi connectivity index (χ4n) is 3.63. The Hall–Kier alpha value is -3.20. The average molecular weight is 368 g/mol. The number of hydrogen-bond acceptors (Lipinski definition) is 7. The van der Waals surface area contributed by atoms with E-state index in [1.54, 1.807) is 0 Å². The number of methoxy groups -OCH3 is 1. The van der Waals surface area contributed by atoms with Crippen LogP contribution in [0.15, 0.2) is 35.1 Å². The number of fused-ring (bicyclic) bond motifs is 2. The second-order valence-corrected chi connectivity index (χ2v) is 6.68. The van der Waals surface area contributed by atoms with E-state index < -0.39 is 0 Å². The number of hydrogen-bond donors (Lipinski definition) is 2. The topological polar surface area (TPSA) is 119 Å². The number of aromatic amines is 1. The Bertz CT molecular complexity index is 1060. The number of nitrogen functional groups attached to an aromatic ring is 1. The first-order valence-electron chi connectivity index (χ1n) is 8.64. The van der Waals surface area contributed by atoms with Crippen LogP contribution in [0.5, 0.6) is 0 Å². The molecule has 1 aromatic carbocycles. The van der Waals surface area contributed by atoms with Gasteiger partial charge in [0, 0.05) is 31.6 Å². The van der Waals surface area contributed by atoms with Crippen molar-refractivity contribution in [3.8, 4) is 0 Å². The molecule has 9 heteroatoms. The first-order chi connectivity index (χ1) is 13.0. The molecule has 0 spiro atoms. The maximum Gasteiger partial charge on any atom is 0.306 e. The van der Waals surface area contributed by atoms with Crippen molar-refractivity contribution in [3.63, 3.8) is 0 Å². The van der Waals surface area contributed by atoms with E-state index in [1.165, 1.54) is 28.8 Å². The molecule has 1 aliphatic rings. The highest BCUT2D eigenvalue weighted by Crippen LogP contribution is 2.31. The van der Waals surface area contributed by atoms with Crippen molar-refractivity contribution in [1.29, 1.82) is 0 Å². The minimum atomic E-state index is -0.261. The molecule has 9 nitrogen and oxygen atoms in total. The standard InChI is InChI=1S/C18H20N6O3/c1-27-16(26)6-12-9-23(8-11-4-2-3-5-14(11)12)10-13-7-15(25)24-18(20-13)21-17(19)22-24/h2-5,7,12H,6,8-10H2,1H3,(H3,19,20,21,22). The third kappa shape index (κ3) is 3.41. The van der Waals surface area contributed by atoms with E-state index in [0.29, 0.717) is 25.2 Å². The molecule has 1 atom stereocenters. The number of anilines is 1. The summed E-state index contributed by atoms with van der Waals surface area (Å²) in [5.74, 6) is 0.190. The molecular formula is C18H20N6O3. The van der Waals surface area contributed by atoms with E-state index in [0.717, 1.165) is 6.54 Å². The van der Waals surface area contributed by atoms with Crippen LogP contribution in [-0.2, 0) is 22.6 Å². The van der Waals surface area contributed by atoms with Crippen molar-refractivity contribution in [3.05, 3.63) is 57.5 Å². The summed E-state index contributed by atoms with van der Waals surface area (Å²) in [6.07, 6.45) is 0.315. The monoisotopic (exact) mass is 368 g/mol. The van der Waals surface area contributed by atoms with Crippen LogP contribution in [-0.4, -0.2) is 44.1 Å². The molecule has 0 bridgehead atoms. The first-order valence-corrected chi connectivity index (χ1v) is 8.64. The number of carbonyl (C=O) groups is 1. The predicted octanol–water partition coefficient (Wildman–Crippen LogP) is 0.662. The fraction of sp³-hybridized carbons (Fsp3) is 0.333. The van der Waals surface area contributed by atoms with Crippen LogP contribution >= 0.6 is 0 Å². The highest BCUT2D eigenvalue weighted by molar-refractivity contribution is 5.70. The number of nitrogens with one attached hydrogen (secondary N) is 1. The van der Waals surface area contributed by atoms with Crippen LogP contribution in [0, 0.1) is 0 Å². The van der Waals surface area contributed by atoms with E-state index in [-0.39, 0.29) is 29.2 Å². The number of rotatable bonds is 4. The molecule has 0 fully saturated rings. The molecule has 0 radical (unpaired) electrons. The number of esters is 1. The summed E-state index contributed by atoms with van der Waals surface area (Å²) < 4.78 is 6.06. The summed E-state index contributed by atoms with van der Waals surface area (Å²) in [6, 6.07) is 9.56. The molecule has 0 amide bonds. The number of ether oxygens (including phenoxy) is 1. The second-order valence-electron chi connectivity index (χ2n) is 6.68. The van der Waals surface area contributed by atoms with E-state index in [4.69, 9.17) is 10.5 Å². The lowest BCUT2D eigenvalue weighted by atomic mass is 9.87. The third-order valence-electron chi connectivity index (χ3n) is 4.79. The molecule has 4 rings (SSSR count). The molecule has 0 saturated carbocycles. The van der Waals surface area contributed by atoms with Gasteiger partial charge in [-0.15, -0.1) is 0 Å². The van der Waals surface area contributed by atoms with Gasteiger partial charge in [0.1, 0.15) is 0 Å². The molecule has 2 aromatic heterocycles. The summed E-state index contributed by atoms with van der Waals surface area (Å²) in [5.41, 5.74) is 8.29. The minimum absolute atomic E-state index is 0.0354. The van der Waals surface area contributed by atoms with Crippen molar-refractivity contribution >= 4 is 17.7 Å². The van der Waals surface area contributed by atoms with Gasteiger partial charge in [0.2, 0.25) is 5.95 Å². The molecule has 27 heavy (non-hydrogen) atoms. The number of H-pyrrole nitrogens is 1. The fourth-order valence-corrected chi connectivity index (χ4v) is 3.63. The van der Waals surface area contributed by atoms with Crippen LogP contribution in [0.4, 0.5) is 5.95 Å². The molecular weight excluding hydrogens is 348 g/mol. The lowest BCUT2D eigenvalue weighted by Crippen LogP contribution is -2.35. The van der Waals surface area contributed by atoms with Gasteiger partial charge in [-0.1, -0.05) is 24.3 Å². The summed E-state index contributed by atoms with van der Waals surface area (Å²) in [5, 5.41) is 2.65. The zero-order valence-corrected chi connectivity index (χ0v) is 14.9. The summed E-state index contributed by atoms with van der Waals surface area (Å²) in [6.45, 7) is 1.87. The van der Waals surface area contributed by atoms with Gasteiger partial charge >= 0.3 is 5.97 Å². The van der Waals surface area contributed by atoms with Crippen molar-refractivity contribution < 1.29 is 9.53 Å². The van der Waals surface area contributed by atoms with Crippen LogP contribution in [0.3, 0.4) is 0 Å². The Morgan fingerprint density at radius 1 is 1.37 bits per heavy atom. The van der Waals surface area contributed by atoms with Crippen LogP contribution < -0.4 is 11.3 Å². The molecule has 3 aromatic rings. The maximum absolute atomic E-state index is 12.2. The molecule has 3 heterocycles. The van der Waals surface area contributed by atoms with Gasteiger partial charge in [-0.3, -0.25) is 19.6 Å². The van der Waals surface area contributed by atoms with Gasteiger partial charge in [0.15, 0.2) is 0 Å². The van der Waals surface area contributed by atoms with E-state index in [2.05, 4.69) is 32.1 Å². The van der Waals surface area contributed by atoms with Crippen LogP contribution in [0.2, 0.25) is 0 Å². The quantitative estimate of drug-likeness (QED) is 0.649. The van der Waals surface area contributed by atoms with Crippen molar-refractivity contribution in [2.75, 3.05) is 19.4 Å². The van der Waals surface area contributed by atoms with E-state index in [9.17, 15) is 9.59 Å². The van der Waals surface area contributed by atoms with Crippen molar-refractivity contribution in [2.24, 2.45) is 0 Å². The smallest absolute Gasteiger partial charge is 0.306 e. The van der Waals surface area contributed by atoms with Gasteiger partial charge in [0.05, 0.1) is 19.2 Å². The Morgan fingerprint density at radius 2 is 2.19 bits per heavy atom. The largest absolute Gasteiger partial charge is 0.469 e. The van der Waals surface area contributed by atoms with E-state index in [1.807, 2.05) is 12.1 Å². The van der Waals surface area contributed by atoms with Crippen LogP contribution in [0.1, 0.15) is 29.2 Å². The molecule has 0 saturated heterocycles. The normalized spacial score (nSPS) is 17.0. The van der Waals surface area contributed by atoms with Crippen molar-refractivity contribution in [2.45, 2.75) is 25.4 Å². The SMILES string of the molecule is COC(=O)CC1CN(Cc2cc(=O)n3[nH]c(N)nc3n2)Cc2ccccc21. The summed E-state index contributed by atoms with van der Waals surface area (Å²) in [7, 11) is 1.40.